The predicted molar refractivity (Wildman–Crippen MR) is 106 cm³/mol. The van der Waals surface area contributed by atoms with Crippen LogP contribution in [0.5, 0.6) is 0 Å². The van der Waals surface area contributed by atoms with Crippen LogP contribution in [-0.2, 0) is 4.79 Å². The molecule has 1 N–H and O–H groups in total. The molecule has 1 aromatic heterocycles. The van der Waals surface area contributed by atoms with Gasteiger partial charge < -0.3 is 9.73 Å². The van der Waals surface area contributed by atoms with Crippen LogP contribution in [0.25, 0.3) is 22.6 Å². The number of oxazole rings is 1. The van der Waals surface area contributed by atoms with Gasteiger partial charge in [0.25, 0.3) is 0 Å². The van der Waals surface area contributed by atoms with Crippen molar-refractivity contribution in [3.05, 3.63) is 48.0 Å². The number of anilines is 1. The minimum atomic E-state index is 0.0344. The second-order valence-corrected chi connectivity index (χ2v) is 7.28. The summed E-state index contributed by atoms with van der Waals surface area (Å²) in [7, 11) is 0. The SMILES string of the molecule is CC[C@@H](C)c1ccc2oc(-c3ccc(NC(=O)CC(C)C)cc3)nc2c1. The number of carbonyl (C=O) groups is 1. The second-order valence-electron chi connectivity index (χ2n) is 7.28. The van der Waals surface area contributed by atoms with Crippen LogP contribution in [0, 0.1) is 5.92 Å². The number of hydrogen-bond acceptors (Lipinski definition) is 3. The standard InChI is InChI=1S/C22H26N2O2/c1-5-15(4)17-8-11-20-19(13-17)24-22(26-20)16-6-9-18(10-7-16)23-21(25)12-14(2)3/h6-11,13-15H,5,12H2,1-4H3,(H,23,25)/t15-/m1/s1. The molecule has 0 radical (unpaired) electrons. The summed E-state index contributed by atoms with van der Waals surface area (Å²) >= 11 is 0. The van der Waals surface area contributed by atoms with E-state index in [1.165, 1.54) is 5.56 Å². The lowest BCUT2D eigenvalue weighted by molar-refractivity contribution is -0.116. The summed E-state index contributed by atoms with van der Waals surface area (Å²) in [6.07, 6.45) is 1.62. The van der Waals surface area contributed by atoms with Gasteiger partial charge in [-0.1, -0.05) is 33.8 Å². The molecule has 0 bridgehead atoms. The number of benzene rings is 2. The normalized spacial score (nSPS) is 12.5. The highest BCUT2D eigenvalue weighted by Crippen LogP contribution is 2.28. The zero-order valence-corrected chi connectivity index (χ0v) is 15.9. The molecule has 0 saturated carbocycles. The minimum Gasteiger partial charge on any atom is -0.436 e. The van der Waals surface area contributed by atoms with Gasteiger partial charge in [-0.3, -0.25) is 4.79 Å². The first-order chi connectivity index (χ1) is 12.5. The van der Waals surface area contributed by atoms with Crippen molar-refractivity contribution in [2.45, 2.75) is 46.5 Å². The topological polar surface area (TPSA) is 55.1 Å². The van der Waals surface area contributed by atoms with E-state index in [0.29, 0.717) is 24.1 Å². The molecular weight excluding hydrogens is 324 g/mol. The van der Waals surface area contributed by atoms with Crippen molar-refractivity contribution in [3.8, 4) is 11.5 Å². The van der Waals surface area contributed by atoms with Crippen LogP contribution in [0.3, 0.4) is 0 Å². The van der Waals surface area contributed by atoms with Gasteiger partial charge in [-0.25, -0.2) is 4.98 Å². The van der Waals surface area contributed by atoms with Crippen molar-refractivity contribution in [1.82, 2.24) is 4.98 Å². The summed E-state index contributed by atoms with van der Waals surface area (Å²) in [5.74, 6) is 1.48. The Morgan fingerprint density at radius 1 is 1.12 bits per heavy atom. The molecule has 0 aliphatic heterocycles. The summed E-state index contributed by atoms with van der Waals surface area (Å²) in [5, 5.41) is 2.91. The maximum absolute atomic E-state index is 11.9. The van der Waals surface area contributed by atoms with Crippen LogP contribution < -0.4 is 5.32 Å². The molecule has 3 aromatic rings. The first-order valence-corrected chi connectivity index (χ1v) is 9.27. The summed E-state index contributed by atoms with van der Waals surface area (Å²) < 4.78 is 5.90. The molecule has 4 nitrogen and oxygen atoms in total. The molecule has 0 saturated heterocycles. The molecule has 2 aromatic carbocycles. The number of hydrogen-bond donors (Lipinski definition) is 1. The minimum absolute atomic E-state index is 0.0344. The Bertz CT molecular complexity index is 894. The molecule has 1 amide bonds. The molecule has 1 atom stereocenters. The molecular formula is C22H26N2O2. The summed E-state index contributed by atoms with van der Waals surface area (Å²) in [4.78, 5) is 16.5. The number of rotatable bonds is 6. The fraction of sp³-hybridized carbons (Fsp3) is 0.364. The lowest BCUT2D eigenvalue weighted by Gasteiger charge is -2.07. The third kappa shape index (κ3) is 4.13. The molecule has 0 aliphatic carbocycles. The Morgan fingerprint density at radius 2 is 1.85 bits per heavy atom. The molecule has 26 heavy (non-hydrogen) atoms. The van der Waals surface area contributed by atoms with E-state index in [0.717, 1.165) is 28.8 Å². The van der Waals surface area contributed by atoms with Crippen LogP contribution in [0.1, 0.15) is 52.0 Å². The third-order valence-corrected chi connectivity index (χ3v) is 4.60. The van der Waals surface area contributed by atoms with E-state index in [4.69, 9.17) is 4.42 Å². The highest BCUT2D eigenvalue weighted by Gasteiger charge is 2.11. The van der Waals surface area contributed by atoms with Crippen LogP contribution in [0.4, 0.5) is 5.69 Å². The Labute approximate surface area is 154 Å². The number of nitrogens with one attached hydrogen (secondary N) is 1. The Hall–Kier alpha value is -2.62. The van der Waals surface area contributed by atoms with Crippen LogP contribution in [0.15, 0.2) is 46.9 Å². The van der Waals surface area contributed by atoms with Gasteiger partial charge in [0, 0.05) is 17.7 Å². The highest BCUT2D eigenvalue weighted by molar-refractivity contribution is 5.91. The quantitative estimate of drug-likeness (QED) is 0.594. The molecule has 0 spiro atoms. The van der Waals surface area contributed by atoms with Gasteiger partial charge in [0.1, 0.15) is 5.52 Å². The number of aromatic nitrogens is 1. The van der Waals surface area contributed by atoms with Crippen molar-refractivity contribution in [2.75, 3.05) is 5.32 Å². The molecule has 3 rings (SSSR count). The van der Waals surface area contributed by atoms with Crippen LogP contribution >= 0.6 is 0 Å². The zero-order chi connectivity index (χ0) is 18.7. The summed E-state index contributed by atoms with van der Waals surface area (Å²) in [6.45, 7) is 8.46. The lowest BCUT2D eigenvalue weighted by atomic mass is 9.98. The molecule has 0 aliphatic rings. The smallest absolute Gasteiger partial charge is 0.227 e. The third-order valence-electron chi connectivity index (χ3n) is 4.60. The molecule has 0 fully saturated rings. The molecule has 1 heterocycles. The largest absolute Gasteiger partial charge is 0.436 e. The van der Waals surface area contributed by atoms with Crippen molar-refractivity contribution < 1.29 is 9.21 Å². The maximum atomic E-state index is 11.9. The van der Waals surface area contributed by atoms with E-state index < -0.39 is 0 Å². The van der Waals surface area contributed by atoms with E-state index >= 15 is 0 Å². The van der Waals surface area contributed by atoms with Gasteiger partial charge in [-0.15, -0.1) is 0 Å². The highest BCUT2D eigenvalue weighted by atomic mass is 16.3. The van der Waals surface area contributed by atoms with E-state index in [2.05, 4.69) is 36.3 Å². The van der Waals surface area contributed by atoms with Gasteiger partial charge in [0.05, 0.1) is 0 Å². The molecule has 136 valence electrons. The number of carbonyl (C=O) groups excluding carboxylic acids is 1. The van der Waals surface area contributed by atoms with Crippen LogP contribution in [-0.4, -0.2) is 10.9 Å². The molecule has 4 heteroatoms. The average molecular weight is 350 g/mol. The van der Waals surface area contributed by atoms with Crippen molar-refractivity contribution >= 4 is 22.7 Å². The monoisotopic (exact) mass is 350 g/mol. The lowest BCUT2D eigenvalue weighted by Crippen LogP contribution is -2.13. The maximum Gasteiger partial charge on any atom is 0.227 e. The first-order valence-electron chi connectivity index (χ1n) is 9.27. The predicted octanol–water partition coefficient (Wildman–Crippen LogP) is 5.99. The van der Waals surface area contributed by atoms with Gasteiger partial charge >= 0.3 is 0 Å². The fourth-order valence-corrected chi connectivity index (χ4v) is 2.89. The number of nitrogens with zero attached hydrogens (tertiary/aromatic N) is 1. The Balaban J connectivity index is 1.79. The zero-order valence-electron chi connectivity index (χ0n) is 15.9. The van der Waals surface area contributed by atoms with Gasteiger partial charge in [-0.05, 0) is 60.2 Å². The molecule has 0 unspecified atom stereocenters. The number of amides is 1. The fourth-order valence-electron chi connectivity index (χ4n) is 2.89. The van der Waals surface area contributed by atoms with Gasteiger partial charge in [0.15, 0.2) is 5.58 Å². The van der Waals surface area contributed by atoms with E-state index in [1.807, 2.05) is 44.2 Å². The van der Waals surface area contributed by atoms with Gasteiger partial charge in [0.2, 0.25) is 11.8 Å². The second kappa shape index (κ2) is 7.73. The van der Waals surface area contributed by atoms with E-state index in [-0.39, 0.29) is 5.91 Å². The van der Waals surface area contributed by atoms with E-state index in [9.17, 15) is 4.79 Å². The summed E-state index contributed by atoms with van der Waals surface area (Å²) in [5.41, 5.74) is 4.64. The summed E-state index contributed by atoms with van der Waals surface area (Å²) in [6, 6.07) is 13.8. The average Bonchev–Trinajstić information content (AvgIpc) is 3.04. The van der Waals surface area contributed by atoms with E-state index in [1.54, 1.807) is 0 Å². The van der Waals surface area contributed by atoms with Crippen molar-refractivity contribution in [2.24, 2.45) is 5.92 Å². The number of fused-ring (bicyclic) bond motifs is 1. The van der Waals surface area contributed by atoms with Crippen molar-refractivity contribution in [3.63, 3.8) is 0 Å². The van der Waals surface area contributed by atoms with Crippen molar-refractivity contribution in [1.29, 1.82) is 0 Å². The van der Waals surface area contributed by atoms with Crippen LogP contribution in [0.2, 0.25) is 0 Å². The van der Waals surface area contributed by atoms with Gasteiger partial charge in [-0.2, -0.15) is 0 Å². The first kappa shape index (κ1) is 18.2. The Kier molecular flexibility index (Phi) is 5.40. The Morgan fingerprint density at radius 3 is 2.50 bits per heavy atom.